The van der Waals surface area contributed by atoms with Crippen molar-refractivity contribution >= 4 is 5.97 Å². The summed E-state index contributed by atoms with van der Waals surface area (Å²) < 4.78 is 39.3. The van der Waals surface area contributed by atoms with Gasteiger partial charge in [0.05, 0.1) is 11.5 Å². The number of benzene rings is 1. The standard InChI is InChI=1S/C15H18F3NO2/c1-19-8-4-5-10(9-19)13(14(20)21)11-6-2-3-7-12(11)15(16,17)18/h2-3,6-7,10,13H,4-5,8-9H2,1H3,(H,20,21). The van der Waals surface area contributed by atoms with E-state index < -0.39 is 23.6 Å². The summed E-state index contributed by atoms with van der Waals surface area (Å²) in [7, 11) is 1.86. The van der Waals surface area contributed by atoms with Gasteiger partial charge in [-0.25, -0.2) is 0 Å². The highest BCUT2D eigenvalue weighted by Crippen LogP contribution is 2.39. The maximum absolute atomic E-state index is 13.1. The van der Waals surface area contributed by atoms with Crippen LogP contribution in [0.1, 0.15) is 29.9 Å². The Morgan fingerprint density at radius 2 is 2.05 bits per heavy atom. The second kappa shape index (κ2) is 6.05. The van der Waals surface area contributed by atoms with E-state index in [2.05, 4.69) is 0 Å². The summed E-state index contributed by atoms with van der Waals surface area (Å²) in [5.74, 6) is -2.61. The molecule has 116 valence electrons. The molecule has 0 aliphatic carbocycles. The van der Waals surface area contributed by atoms with E-state index in [1.165, 1.54) is 18.2 Å². The summed E-state index contributed by atoms with van der Waals surface area (Å²) in [4.78, 5) is 13.6. The van der Waals surface area contributed by atoms with Crippen molar-refractivity contribution in [2.45, 2.75) is 24.9 Å². The monoisotopic (exact) mass is 301 g/mol. The van der Waals surface area contributed by atoms with Crippen molar-refractivity contribution in [2.75, 3.05) is 20.1 Å². The zero-order valence-electron chi connectivity index (χ0n) is 11.7. The number of alkyl halides is 3. The van der Waals surface area contributed by atoms with Crippen LogP contribution in [0.4, 0.5) is 13.2 Å². The number of piperidine rings is 1. The minimum absolute atomic E-state index is 0.127. The predicted molar refractivity (Wildman–Crippen MR) is 72.0 cm³/mol. The molecule has 2 rings (SSSR count). The Balaban J connectivity index is 2.42. The van der Waals surface area contributed by atoms with Crippen LogP contribution in [0.2, 0.25) is 0 Å². The predicted octanol–water partition coefficient (Wildman–Crippen LogP) is 3.22. The first-order valence-corrected chi connectivity index (χ1v) is 6.88. The molecule has 6 heteroatoms. The van der Waals surface area contributed by atoms with Crippen LogP contribution >= 0.6 is 0 Å². The molecule has 3 nitrogen and oxygen atoms in total. The summed E-state index contributed by atoms with van der Waals surface area (Å²) in [6.45, 7) is 1.35. The number of aliphatic carboxylic acids is 1. The number of nitrogens with zero attached hydrogens (tertiary/aromatic N) is 1. The lowest BCUT2D eigenvalue weighted by Gasteiger charge is -2.34. The van der Waals surface area contributed by atoms with Crippen molar-refractivity contribution in [3.8, 4) is 0 Å². The number of likely N-dealkylation sites (tertiary alicyclic amines) is 1. The van der Waals surface area contributed by atoms with Gasteiger partial charge in [-0.15, -0.1) is 0 Å². The SMILES string of the molecule is CN1CCCC(C(C(=O)O)c2ccccc2C(F)(F)F)C1. The molecule has 0 saturated carbocycles. The highest BCUT2D eigenvalue weighted by molar-refractivity contribution is 5.77. The van der Waals surface area contributed by atoms with Crippen LogP contribution in [0.5, 0.6) is 0 Å². The minimum atomic E-state index is -4.54. The molecule has 0 bridgehead atoms. The molecular formula is C15H18F3NO2. The largest absolute Gasteiger partial charge is 0.481 e. The minimum Gasteiger partial charge on any atom is -0.481 e. The van der Waals surface area contributed by atoms with Crippen LogP contribution < -0.4 is 0 Å². The third-order valence-electron chi connectivity index (χ3n) is 4.00. The zero-order valence-corrected chi connectivity index (χ0v) is 11.7. The molecule has 1 saturated heterocycles. The lowest BCUT2D eigenvalue weighted by molar-refractivity contribution is -0.143. The third-order valence-corrected chi connectivity index (χ3v) is 4.00. The van der Waals surface area contributed by atoms with Gasteiger partial charge in [-0.3, -0.25) is 4.79 Å². The van der Waals surface area contributed by atoms with Crippen molar-refractivity contribution in [1.82, 2.24) is 4.90 Å². The maximum Gasteiger partial charge on any atom is 0.416 e. The number of hydrogen-bond acceptors (Lipinski definition) is 2. The Labute approximate surface area is 121 Å². The first-order valence-electron chi connectivity index (χ1n) is 6.88. The number of halogens is 3. The Hall–Kier alpha value is -1.56. The Bertz CT molecular complexity index is 516. The molecule has 1 N–H and O–H groups in total. The van der Waals surface area contributed by atoms with Gasteiger partial charge in [0.15, 0.2) is 0 Å². The van der Waals surface area contributed by atoms with Gasteiger partial charge in [-0.05, 0) is 44.0 Å². The summed E-state index contributed by atoms with van der Waals surface area (Å²) in [6, 6.07) is 5.00. The molecule has 0 amide bonds. The van der Waals surface area contributed by atoms with E-state index in [1.54, 1.807) is 0 Å². The third kappa shape index (κ3) is 3.56. The second-order valence-corrected chi connectivity index (χ2v) is 5.57. The van der Waals surface area contributed by atoms with Gasteiger partial charge >= 0.3 is 12.1 Å². The molecule has 2 atom stereocenters. The quantitative estimate of drug-likeness (QED) is 0.932. The highest BCUT2D eigenvalue weighted by atomic mass is 19.4. The molecule has 0 aromatic heterocycles. The van der Waals surface area contributed by atoms with Crippen molar-refractivity contribution in [2.24, 2.45) is 5.92 Å². The fourth-order valence-electron chi connectivity index (χ4n) is 3.09. The Morgan fingerprint density at radius 1 is 1.38 bits per heavy atom. The average Bonchev–Trinajstić information content (AvgIpc) is 2.38. The molecule has 1 aromatic rings. The highest BCUT2D eigenvalue weighted by Gasteiger charge is 2.40. The average molecular weight is 301 g/mol. The zero-order chi connectivity index (χ0) is 15.6. The topological polar surface area (TPSA) is 40.5 Å². The van der Waals surface area contributed by atoms with Crippen LogP contribution in [0, 0.1) is 5.92 Å². The van der Waals surface area contributed by atoms with Gasteiger partial charge in [0.1, 0.15) is 0 Å². The number of carboxylic acid groups (broad SMARTS) is 1. The van der Waals surface area contributed by atoms with Crippen molar-refractivity contribution in [3.63, 3.8) is 0 Å². The van der Waals surface area contributed by atoms with Gasteiger partial charge in [0.25, 0.3) is 0 Å². The summed E-state index contributed by atoms with van der Waals surface area (Å²) in [5, 5.41) is 9.47. The molecule has 1 aliphatic rings. The molecule has 0 radical (unpaired) electrons. The summed E-state index contributed by atoms with van der Waals surface area (Å²) >= 11 is 0. The van der Waals surface area contributed by atoms with E-state index >= 15 is 0 Å². The molecule has 0 spiro atoms. The van der Waals surface area contributed by atoms with E-state index in [0.29, 0.717) is 13.0 Å². The van der Waals surface area contributed by atoms with Gasteiger partial charge in [0, 0.05) is 6.54 Å². The van der Waals surface area contributed by atoms with Crippen molar-refractivity contribution < 1.29 is 23.1 Å². The summed E-state index contributed by atoms with van der Waals surface area (Å²) in [6.07, 6.45) is -3.10. The number of rotatable bonds is 3. The number of carboxylic acids is 1. The molecule has 1 aliphatic heterocycles. The fraction of sp³-hybridized carbons (Fsp3) is 0.533. The van der Waals surface area contributed by atoms with Gasteiger partial charge in [-0.1, -0.05) is 18.2 Å². The molecule has 1 aromatic carbocycles. The van der Waals surface area contributed by atoms with E-state index in [0.717, 1.165) is 19.0 Å². The first-order chi connectivity index (χ1) is 9.80. The van der Waals surface area contributed by atoms with Gasteiger partial charge in [0.2, 0.25) is 0 Å². The smallest absolute Gasteiger partial charge is 0.416 e. The lowest BCUT2D eigenvalue weighted by Crippen LogP contribution is -2.38. The lowest BCUT2D eigenvalue weighted by atomic mass is 9.79. The van der Waals surface area contributed by atoms with Crippen LogP contribution in [0.25, 0.3) is 0 Å². The van der Waals surface area contributed by atoms with Crippen LogP contribution in [-0.2, 0) is 11.0 Å². The van der Waals surface area contributed by atoms with E-state index in [-0.39, 0.29) is 11.5 Å². The molecular weight excluding hydrogens is 283 g/mol. The normalized spacial score (nSPS) is 22.0. The van der Waals surface area contributed by atoms with Crippen LogP contribution in [-0.4, -0.2) is 36.1 Å². The van der Waals surface area contributed by atoms with E-state index in [4.69, 9.17) is 0 Å². The van der Waals surface area contributed by atoms with Gasteiger partial charge in [-0.2, -0.15) is 13.2 Å². The van der Waals surface area contributed by atoms with E-state index in [9.17, 15) is 23.1 Å². The van der Waals surface area contributed by atoms with Gasteiger partial charge < -0.3 is 10.0 Å². The van der Waals surface area contributed by atoms with Crippen LogP contribution in [0.3, 0.4) is 0 Å². The summed E-state index contributed by atoms with van der Waals surface area (Å²) in [5.41, 5.74) is -0.969. The molecule has 21 heavy (non-hydrogen) atoms. The first kappa shape index (κ1) is 15.8. The fourth-order valence-corrected chi connectivity index (χ4v) is 3.09. The van der Waals surface area contributed by atoms with E-state index in [1.807, 2.05) is 11.9 Å². The van der Waals surface area contributed by atoms with Crippen LogP contribution in [0.15, 0.2) is 24.3 Å². The van der Waals surface area contributed by atoms with Crippen molar-refractivity contribution in [3.05, 3.63) is 35.4 Å². The maximum atomic E-state index is 13.1. The Morgan fingerprint density at radius 3 is 2.62 bits per heavy atom. The molecule has 1 heterocycles. The Kier molecular flexibility index (Phi) is 4.56. The molecule has 2 unspecified atom stereocenters. The second-order valence-electron chi connectivity index (χ2n) is 5.57. The van der Waals surface area contributed by atoms with Crippen molar-refractivity contribution in [1.29, 1.82) is 0 Å². The molecule has 1 fully saturated rings. The number of hydrogen-bond donors (Lipinski definition) is 1. The number of carbonyl (C=O) groups is 1.